The number of hydrogen-bond acceptors (Lipinski definition) is 7. The topological polar surface area (TPSA) is 75.2 Å². The average molecular weight is 296 g/mol. The number of nitrogens with zero attached hydrogens (tertiary/aromatic N) is 4. The van der Waals surface area contributed by atoms with Crippen molar-refractivity contribution < 1.29 is 4.74 Å². The predicted molar refractivity (Wildman–Crippen MR) is 87.1 cm³/mol. The number of methoxy groups -OCH3 is 1. The molecular weight excluding hydrogens is 268 g/mol. The van der Waals surface area contributed by atoms with Crippen LogP contribution in [0.15, 0.2) is 0 Å². The van der Waals surface area contributed by atoms with Crippen molar-refractivity contribution in [3.63, 3.8) is 0 Å². The van der Waals surface area contributed by atoms with Gasteiger partial charge in [-0.15, -0.1) is 0 Å². The first kappa shape index (κ1) is 17.4. The van der Waals surface area contributed by atoms with Crippen LogP contribution in [-0.2, 0) is 4.74 Å². The number of ether oxygens (including phenoxy) is 1. The van der Waals surface area contributed by atoms with Crippen LogP contribution in [0.5, 0.6) is 0 Å². The molecule has 0 aromatic carbocycles. The maximum atomic E-state index is 5.40. The number of rotatable bonds is 9. The van der Waals surface area contributed by atoms with Crippen LogP contribution in [-0.4, -0.2) is 53.8 Å². The van der Waals surface area contributed by atoms with Crippen molar-refractivity contribution in [3.05, 3.63) is 0 Å². The summed E-state index contributed by atoms with van der Waals surface area (Å²) in [5.74, 6) is 1.84. The molecule has 0 aliphatic carbocycles. The van der Waals surface area contributed by atoms with Gasteiger partial charge in [-0.05, 0) is 34.6 Å². The van der Waals surface area contributed by atoms with Crippen molar-refractivity contribution in [1.82, 2.24) is 15.0 Å². The third kappa shape index (κ3) is 5.34. The first-order valence-corrected chi connectivity index (χ1v) is 7.49. The zero-order chi connectivity index (χ0) is 15.9. The van der Waals surface area contributed by atoms with E-state index in [2.05, 4.69) is 44.3 Å². The van der Waals surface area contributed by atoms with Crippen LogP contribution < -0.4 is 15.5 Å². The van der Waals surface area contributed by atoms with E-state index in [0.717, 1.165) is 19.6 Å². The first-order valence-electron chi connectivity index (χ1n) is 7.49. The van der Waals surface area contributed by atoms with Gasteiger partial charge in [0.25, 0.3) is 0 Å². The minimum absolute atomic E-state index is 0.277. The van der Waals surface area contributed by atoms with Crippen molar-refractivity contribution in [2.45, 2.75) is 40.2 Å². The summed E-state index contributed by atoms with van der Waals surface area (Å²) >= 11 is 0. The molecule has 120 valence electrons. The molecule has 1 aromatic heterocycles. The summed E-state index contributed by atoms with van der Waals surface area (Å²) in [5.41, 5.74) is -0.277. The third-order valence-electron chi connectivity index (χ3n) is 3.23. The molecule has 21 heavy (non-hydrogen) atoms. The molecule has 2 N–H and O–H groups in total. The van der Waals surface area contributed by atoms with Crippen molar-refractivity contribution >= 4 is 17.8 Å². The molecule has 0 fully saturated rings. The lowest BCUT2D eigenvalue weighted by molar-refractivity contribution is 0.0342. The zero-order valence-corrected chi connectivity index (χ0v) is 14.0. The molecule has 0 saturated heterocycles. The average Bonchev–Trinajstić information content (AvgIpc) is 2.47. The van der Waals surface area contributed by atoms with Crippen molar-refractivity contribution in [2.24, 2.45) is 0 Å². The largest absolute Gasteiger partial charge is 0.377 e. The molecular formula is C14H28N6O. The van der Waals surface area contributed by atoms with E-state index >= 15 is 0 Å². The summed E-state index contributed by atoms with van der Waals surface area (Å²) in [7, 11) is 1.69. The molecule has 0 unspecified atom stereocenters. The lowest BCUT2D eigenvalue weighted by Gasteiger charge is -2.24. The summed E-state index contributed by atoms with van der Waals surface area (Å²) in [5, 5.41) is 6.37. The van der Waals surface area contributed by atoms with Crippen molar-refractivity contribution in [3.8, 4) is 0 Å². The van der Waals surface area contributed by atoms with Gasteiger partial charge in [-0.1, -0.05) is 0 Å². The normalized spacial score (nSPS) is 11.3. The highest BCUT2D eigenvalue weighted by Gasteiger charge is 2.17. The van der Waals surface area contributed by atoms with Gasteiger partial charge in [-0.2, -0.15) is 15.0 Å². The van der Waals surface area contributed by atoms with E-state index in [1.165, 1.54) is 0 Å². The fraction of sp³-hybridized carbons (Fsp3) is 0.786. The second-order valence-corrected chi connectivity index (χ2v) is 5.30. The van der Waals surface area contributed by atoms with E-state index in [0.29, 0.717) is 24.4 Å². The molecule has 0 saturated carbocycles. The second-order valence-electron chi connectivity index (χ2n) is 5.30. The maximum Gasteiger partial charge on any atom is 0.231 e. The highest BCUT2D eigenvalue weighted by molar-refractivity contribution is 5.43. The molecule has 0 spiro atoms. The second kappa shape index (κ2) is 7.97. The van der Waals surface area contributed by atoms with Crippen LogP contribution in [0.3, 0.4) is 0 Å². The minimum atomic E-state index is -0.277. The number of hydrogen-bond donors (Lipinski definition) is 2. The fourth-order valence-electron chi connectivity index (χ4n) is 1.69. The molecule has 7 nitrogen and oxygen atoms in total. The van der Waals surface area contributed by atoms with Gasteiger partial charge in [-0.3, -0.25) is 0 Å². The van der Waals surface area contributed by atoms with Gasteiger partial charge in [0.2, 0.25) is 17.8 Å². The maximum absolute atomic E-state index is 5.40. The monoisotopic (exact) mass is 296 g/mol. The van der Waals surface area contributed by atoms with Gasteiger partial charge < -0.3 is 20.3 Å². The molecule has 0 aliphatic heterocycles. The Hall–Kier alpha value is -1.63. The van der Waals surface area contributed by atoms with Crippen molar-refractivity contribution in [1.29, 1.82) is 0 Å². The Morgan fingerprint density at radius 1 is 1.00 bits per heavy atom. The van der Waals surface area contributed by atoms with Gasteiger partial charge in [0, 0.05) is 33.3 Å². The molecule has 1 aromatic rings. The van der Waals surface area contributed by atoms with Crippen LogP contribution in [0.4, 0.5) is 17.8 Å². The first-order chi connectivity index (χ1) is 9.95. The smallest absolute Gasteiger partial charge is 0.231 e. The van der Waals surface area contributed by atoms with Gasteiger partial charge in [0.05, 0.1) is 5.60 Å². The van der Waals surface area contributed by atoms with E-state index < -0.39 is 0 Å². The van der Waals surface area contributed by atoms with Crippen LogP contribution in [0.2, 0.25) is 0 Å². The Labute approximate surface area is 127 Å². The summed E-state index contributed by atoms with van der Waals surface area (Å²) in [4.78, 5) is 15.4. The predicted octanol–water partition coefficient (Wildman–Crippen LogP) is 1.99. The Morgan fingerprint density at radius 2 is 1.57 bits per heavy atom. The van der Waals surface area contributed by atoms with E-state index in [1.807, 2.05) is 20.8 Å². The summed E-state index contributed by atoms with van der Waals surface area (Å²) in [6, 6.07) is 0. The Kier molecular flexibility index (Phi) is 6.61. The van der Waals surface area contributed by atoms with Gasteiger partial charge in [0.15, 0.2) is 0 Å². The molecule has 1 rings (SSSR count). The number of anilines is 3. The van der Waals surface area contributed by atoms with Crippen LogP contribution in [0, 0.1) is 0 Å². The number of aromatic nitrogens is 3. The SMILES string of the molecule is CCNc1nc(NCC(C)(C)OC)nc(N(CC)CC)n1. The fourth-order valence-corrected chi connectivity index (χ4v) is 1.69. The van der Waals surface area contributed by atoms with Gasteiger partial charge >= 0.3 is 0 Å². The minimum Gasteiger partial charge on any atom is -0.377 e. The highest BCUT2D eigenvalue weighted by atomic mass is 16.5. The molecule has 0 bridgehead atoms. The summed E-state index contributed by atoms with van der Waals surface area (Å²) in [6.45, 7) is 13.3. The Balaban J connectivity index is 2.96. The van der Waals surface area contributed by atoms with Crippen LogP contribution in [0.25, 0.3) is 0 Å². The standard InChI is InChI=1S/C14H28N6O/c1-7-15-11-17-12(16-10-14(4,5)21-6)19-13(18-11)20(8-2)9-3/h7-10H2,1-6H3,(H2,15,16,17,18,19). The molecule has 0 aliphatic rings. The highest BCUT2D eigenvalue weighted by Crippen LogP contribution is 2.15. The molecule has 1 heterocycles. The zero-order valence-electron chi connectivity index (χ0n) is 14.0. The molecule has 7 heteroatoms. The van der Waals surface area contributed by atoms with Gasteiger partial charge in [0.1, 0.15) is 0 Å². The number of nitrogens with one attached hydrogen (secondary N) is 2. The van der Waals surface area contributed by atoms with Gasteiger partial charge in [-0.25, -0.2) is 0 Å². The Morgan fingerprint density at radius 3 is 2.05 bits per heavy atom. The van der Waals surface area contributed by atoms with Crippen molar-refractivity contribution in [2.75, 3.05) is 48.8 Å². The van der Waals surface area contributed by atoms with Crippen LogP contribution >= 0.6 is 0 Å². The van der Waals surface area contributed by atoms with E-state index in [1.54, 1.807) is 7.11 Å². The lowest BCUT2D eigenvalue weighted by atomic mass is 10.1. The van der Waals surface area contributed by atoms with E-state index in [9.17, 15) is 0 Å². The molecule has 0 atom stereocenters. The Bertz CT molecular complexity index is 433. The third-order valence-corrected chi connectivity index (χ3v) is 3.23. The molecule has 0 amide bonds. The lowest BCUT2D eigenvalue weighted by Crippen LogP contribution is -2.33. The van der Waals surface area contributed by atoms with Crippen LogP contribution in [0.1, 0.15) is 34.6 Å². The summed E-state index contributed by atoms with van der Waals surface area (Å²) in [6.07, 6.45) is 0. The van der Waals surface area contributed by atoms with E-state index in [-0.39, 0.29) is 5.60 Å². The summed E-state index contributed by atoms with van der Waals surface area (Å²) < 4.78 is 5.40. The molecule has 0 radical (unpaired) electrons. The van der Waals surface area contributed by atoms with E-state index in [4.69, 9.17) is 4.74 Å². The quantitative estimate of drug-likeness (QED) is 0.721.